The molecule has 0 rings (SSSR count). The Balaban J connectivity index is 3.47. The lowest BCUT2D eigenvalue weighted by molar-refractivity contribution is 0.125. The van der Waals surface area contributed by atoms with Gasteiger partial charge in [0.2, 0.25) is 0 Å². The molecule has 0 aromatic carbocycles. The van der Waals surface area contributed by atoms with E-state index in [1.165, 1.54) is 0 Å². The Morgan fingerprint density at radius 2 is 1.64 bits per heavy atom. The van der Waals surface area contributed by atoms with Crippen molar-refractivity contribution in [1.82, 2.24) is 0 Å². The van der Waals surface area contributed by atoms with E-state index in [-0.39, 0.29) is 12.7 Å². The number of rotatable bonds is 8. The van der Waals surface area contributed by atoms with Crippen LogP contribution in [0.25, 0.3) is 0 Å². The molecule has 14 heavy (non-hydrogen) atoms. The zero-order valence-electron chi connectivity index (χ0n) is 9.87. The van der Waals surface area contributed by atoms with E-state index in [0.29, 0.717) is 11.8 Å². The van der Waals surface area contributed by atoms with Gasteiger partial charge in [0.05, 0.1) is 6.10 Å². The second-order valence-corrected chi connectivity index (χ2v) is 4.60. The predicted octanol–water partition coefficient (Wildman–Crippen LogP) is 2.58. The Bertz CT molecular complexity index is 125. The first kappa shape index (κ1) is 13.9. The highest BCUT2D eigenvalue weighted by atomic mass is 16.3. The molecule has 2 heteroatoms. The zero-order valence-corrected chi connectivity index (χ0v) is 9.87. The van der Waals surface area contributed by atoms with Crippen LogP contribution in [0.5, 0.6) is 0 Å². The monoisotopic (exact) mass is 202 g/mol. The average Bonchev–Trinajstić information content (AvgIpc) is 2.15. The van der Waals surface area contributed by atoms with Gasteiger partial charge in [-0.15, -0.1) is 0 Å². The first-order chi connectivity index (χ1) is 6.60. The van der Waals surface area contributed by atoms with Crippen LogP contribution in [-0.4, -0.2) is 22.9 Å². The molecule has 0 spiro atoms. The number of hydrogen-bond donors (Lipinski definition) is 2. The third-order valence-electron chi connectivity index (χ3n) is 2.99. The molecule has 0 radical (unpaired) electrons. The molecule has 0 fully saturated rings. The average molecular weight is 202 g/mol. The van der Waals surface area contributed by atoms with E-state index in [0.717, 1.165) is 32.1 Å². The molecule has 0 aromatic heterocycles. The van der Waals surface area contributed by atoms with Crippen LogP contribution < -0.4 is 0 Å². The predicted molar refractivity (Wildman–Crippen MR) is 60.2 cm³/mol. The van der Waals surface area contributed by atoms with Crippen LogP contribution in [0.2, 0.25) is 0 Å². The summed E-state index contributed by atoms with van der Waals surface area (Å²) in [5, 5.41) is 18.4. The van der Waals surface area contributed by atoms with Gasteiger partial charge >= 0.3 is 0 Å². The van der Waals surface area contributed by atoms with Crippen LogP contribution >= 0.6 is 0 Å². The van der Waals surface area contributed by atoms with Gasteiger partial charge in [0, 0.05) is 6.61 Å². The number of hydrogen-bond acceptors (Lipinski definition) is 2. The minimum atomic E-state index is -0.147. The van der Waals surface area contributed by atoms with Crippen LogP contribution in [0.1, 0.15) is 52.9 Å². The second-order valence-electron chi connectivity index (χ2n) is 4.60. The van der Waals surface area contributed by atoms with Crippen molar-refractivity contribution in [2.45, 2.75) is 59.0 Å². The lowest BCUT2D eigenvalue weighted by Gasteiger charge is -2.16. The molecule has 3 atom stereocenters. The summed E-state index contributed by atoms with van der Waals surface area (Å²) in [6.45, 7) is 6.74. The third kappa shape index (κ3) is 7.34. The van der Waals surface area contributed by atoms with Gasteiger partial charge in [-0.05, 0) is 37.5 Å². The minimum absolute atomic E-state index is 0.147. The molecule has 3 unspecified atom stereocenters. The van der Waals surface area contributed by atoms with E-state index in [4.69, 9.17) is 5.11 Å². The van der Waals surface area contributed by atoms with Gasteiger partial charge in [0.25, 0.3) is 0 Å². The first-order valence-electron chi connectivity index (χ1n) is 5.89. The molecule has 0 bridgehead atoms. The van der Waals surface area contributed by atoms with Crippen molar-refractivity contribution < 1.29 is 10.2 Å². The van der Waals surface area contributed by atoms with E-state index in [9.17, 15) is 5.11 Å². The van der Waals surface area contributed by atoms with Crippen LogP contribution in [0.15, 0.2) is 0 Å². The maximum absolute atomic E-state index is 9.71. The summed E-state index contributed by atoms with van der Waals surface area (Å²) in [5.74, 6) is 1.16. The summed E-state index contributed by atoms with van der Waals surface area (Å²) in [7, 11) is 0. The Hall–Kier alpha value is -0.0800. The minimum Gasteiger partial charge on any atom is -0.396 e. The Morgan fingerprint density at radius 3 is 2.14 bits per heavy atom. The number of aliphatic hydroxyl groups excluding tert-OH is 2. The molecule has 0 heterocycles. The summed E-state index contributed by atoms with van der Waals surface area (Å²) in [4.78, 5) is 0. The van der Waals surface area contributed by atoms with Gasteiger partial charge in [-0.25, -0.2) is 0 Å². The highest BCUT2D eigenvalue weighted by Crippen LogP contribution is 2.17. The molecule has 0 saturated carbocycles. The van der Waals surface area contributed by atoms with Crippen LogP contribution in [0.3, 0.4) is 0 Å². The van der Waals surface area contributed by atoms with Gasteiger partial charge in [-0.3, -0.25) is 0 Å². The van der Waals surface area contributed by atoms with Gasteiger partial charge in [-0.1, -0.05) is 27.2 Å². The summed E-state index contributed by atoms with van der Waals surface area (Å²) in [6.07, 6.45) is 4.68. The van der Waals surface area contributed by atoms with Crippen molar-refractivity contribution in [3.63, 3.8) is 0 Å². The van der Waals surface area contributed by atoms with Crippen molar-refractivity contribution >= 4 is 0 Å². The Labute approximate surface area is 88.3 Å². The smallest absolute Gasteiger partial charge is 0.0542 e. The van der Waals surface area contributed by atoms with E-state index in [1.807, 2.05) is 0 Å². The molecule has 0 aliphatic carbocycles. The van der Waals surface area contributed by atoms with Crippen molar-refractivity contribution in [1.29, 1.82) is 0 Å². The van der Waals surface area contributed by atoms with Gasteiger partial charge in [0.15, 0.2) is 0 Å². The fraction of sp³-hybridized carbons (Fsp3) is 1.00. The fourth-order valence-corrected chi connectivity index (χ4v) is 1.59. The quantitative estimate of drug-likeness (QED) is 0.635. The highest BCUT2D eigenvalue weighted by Gasteiger charge is 2.10. The molecule has 0 aliphatic heterocycles. The second kappa shape index (κ2) is 8.25. The van der Waals surface area contributed by atoms with Crippen molar-refractivity contribution in [2.75, 3.05) is 6.61 Å². The largest absolute Gasteiger partial charge is 0.396 e. The van der Waals surface area contributed by atoms with E-state index in [2.05, 4.69) is 20.8 Å². The van der Waals surface area contributed by atoms with Crippen LogP contribution in [0, 0.1) is 11.8 Å². The Kier molecular flexibility index (Phi) is 8.20. The summed E-state index contributed by atoms with van der Waals surface area (Å²) < 4.78 is 0. The van der Waals surface area contributed by atoms with Crippen LogP contribution in [-0.2, 0) is 0 Å². The molecule has 0 aromatic rings. The molecule has 0 saturated heterocycles. The normalized spacial score (nSPS) is 17.8. The first-order valence-corrected chi connectivity index (χ1v) is 5.89. The van der Waals surface area contributed by atoms with E-state index >= 15 is 0 Å². The molecular weight excluding hydrogens is 176 g/mol. The van der Waals surface area contributed by atoms with Crippen LogP contribution in [0.4, 0.5) is 0 Å². The molecule has 2 N–H and O–H groups in total. The summed E-state index contributed by atoms with van der Waals surface area (Å²) >= 11 is 0. The number of aliphatic hydroxyl groups is 2. The fourth-order valence-electron chi connectivity index (χ4n) is 1.59. The third-order valence-corrected chi connectivity index (χ3v) is 2.99. The van der Waals surface area contributed by atoms with Crippen molar-refractivity contribution in [3.8, 4) is 0 Å². The van der Waals surface area contributed by atoms with E-state index < -0.39 is 0 Å². The van der Waals surface area contributed by atoms with Gasteiger partial charge in [0.1, 0.15) is 0 Å². The molecule has 0 amide bonds. The lowest BCUT2D eigenvalue weighted by Crippen LogP contribution is -2.13. The van der Waals surface area contributed by atoms with E-state index in [1.54, 1.807) is 0 Å². The summed E-state index contributed by atoms with van der Waals surface area (Å²) in [6, 6.07) is 0. The molecular formula is C12H26O2. The highest BCUT2D eigenvalue weighted by molar-refractivity contribution is 4.63. The van der Waals surface area contributed by atoms with Gasteiger partial charge < -0.3 is 10.2 Å². The van der Waals surface area contributed by atoms with Crippen molar-refractivity contribution in [3.05, 3.63) is 0 Å². The maximum Gasteiger partial charge on any atom is 0.0542 e. The molecule has 0 aliphatic rings. The topological polar surface area (TPSA) is 40.5 Å². The Morgan fingerprint density at radius 1 is 1.00 bits per heavy atom. The zero-order chi connectivity index (χ0) is 11.0. The summed E-state index contributed by atoms with van der Waals surface area (Å²) in [5.41, 5.74) is 0. The lowest BCUT2D eigenvalue weighted by atomic mass is 9.94. The standard InChI is InChI=1S/C12H26O2/c1-4-10(2)9-12(14)6-5-11(3)7-8-13/h10-14H,4-9H2,1-3H3. The SMILES string of the molecule is CCC(C)CC(O)CCC(C)CCO. The van der Waals surface area contributed by atoms with Crippen molar-refractivity contribution in [2.24, 2.45) is 11.8 Å². The van der Waals surface area contributed by atoms with Gasteiger partial charge in [-0.2, -0.15) is 0 Å². The maximum atomic E-state index is 9.71. The molecule has 86 valence electrons. The molecule has 2 nitrogen and oxygen atoms in total.